The summed E-state index contributed by atoms with van der Waals surface area (Å²) < 4.78 is 7.23. The van der Waals surface area contributed by atoms with Gasteiger partial charge in [0.25, 0.3) is 5.91 Å². The number of rotatable bonds is 2. The van der Waals surface area contributed by atoms with Gasteiger partial charge in [-0.25, -0.2) is 0 Å². The minimum atomic E-state index is 0. The molecule has 0 radical (unpaired) electrons. The van der Waals surface area contributed by atoms with E-state index in [4.69, 9.17) is 4.74 Å². The Balaban J connectivity index is 0.00000180. The van der Waals surface area contributed by atoms with E-state index in [1.807, 2.05) is 30.3 Å². The largest absolute Gasteiger partial charge is 1.00 e. The number of carbonyl (C=O) groups excluding carboxylic acids is 1. The van der Waals surface area contributed by atoms with Gasteiger partial charge in [0.1, 0.15) is 11.5 Å². The van der Waals surface area contributed by atoms with E-state index in [1.54, 1.807) is 0 Å². The molecule has 4 aliphatic heterocycles. The summed E-state index contributed by atoms with van der Waals surface area (Å²) in [4.78, 5) is 13.1. The second kappa shape index (κ2) is 6.95. The molecule has 0 aromatic heterocycles. The van der Waals surface area contributed by atoms with Crippen LogP contribution in [0.3, 0.4) is 0 Å². The number of hydrogen-bond acceptors (Lipinski definition) is 2. The van der Waals surface area contributed by atoms with Gasteiger partial charge in [0.15, 0.2) is 0 Å². The van der Waals surface area contributed by atoms with Crippen molar-refractivity contribution < 1.29 is 31.0 Å². The van der Waals surface area contributed by atoms with Crippen LogP contribution in [-0.4, -0.2) is 43.1 Å². The molecule has 2 bridgehead atoms. The minimum Gasteiger partial charge on any atom is -1.00 e. The molecule has 2 aromatic rings. The summed E-state index contributed by atoms with van der Waals surface area (Å²) in [5.41, 5.74) is 2.92. The molecule has 1 amide bonds. The summed E-state index contributed by atoms with van der Waals surface area (Å²) >= 11 is 0. The molecule has 0 spiro atoms. The number of likely N-dealkylation sites (N-methyl/N-ethyl adjacent to an activating group) is 1. The lowest BCUT2D eigenvalue weighted by molar-refractivity contribution is -0.925. The normalized spacial score (nSPS) is 27.6. The Morgan fingerprint density at radius 3 is 2.59 bits per heavy atom. The summed E-state index contributed by atoms with van der Waals surface area (Å²) in [5, 5.41) is 3.33. The summed E-state index contributed by atoms with van der Waals surface area (Å²) in [6, 6.07) is 14.3. The van der Waals surface area contributed by atoms with Gasteiger partial charge in [0, 0.05) is 24.8 Å². The first-order valence-corrected chi connectivity index (χ1v) is 9.63. The SMILES string of the molecule is C[N+]12CCC(CC1)C(NC(=O)c1cccc3c1Oc1ccccc1C3)C2.[Br-]. The lowest BCUT2D eigenvalue weighted by atomic mass is 9.82. The van der Waals surface area contributed by atoms with Crippen LogP contribution >= 0.6 is 0 Å². The van der Waals surface area contributed by atoms with Crippen LogP contribution in [0.1, 0.15) is 34.3 Å². The molecule has 0 aliphatic carbocycles. The van der Waals surface area contributed by atoms with Gasteiger partial charge in [-0.2, -0.15) is 0 Å². The number of ether oxygens (including phenoxy) is 1. The van der Waals surface area contributed by atoms with Gasteiger partial charge in [0.05, 0.1) is 38.3 Å². The topological polar surface area (TPSA) is 38.3 Å². The number of fused-ring (bicyclic) bond motifs is 5. The van der Waals surface area contributed by atoms with Crippen molar-refractivity contribution in [3.05, 3.63) is 59.2 Å². The molecule has 1 atom stereocenters. The van der Waals surface area contributed by atoms with Crippen molar-refractivity contribution in [2.75, 3.05) is 26.7 Å². The van der Waals surface area contributed by atoms with Crippen molar-refractivity contribution in [1.82, 2.24) is 5.32 Å². The average Bonchev–Trinajstić information content (AvgIpc) is 2.66. The predicted molar refractivity (Wildman–Crippen MR) is 101 cm³/mol. The monoisotopic (exact) mass is 428 g/mol. The van der Waals surface area contributed by atoms with Gasteiger partial charge in [-0.05, 0) is 23.6 Å². The molecule has 27 heavy (non-hydrogen) atoms. The Labute approximate surface area is 170 Å². The molecule has 4 heterocycles. The van der Waals surface area contributed by atoms with Crippen molar-refractivity contribution in [3.8, 4) is 11.5 Å². The average molecular weight is 429 g/mol. The minimum absolute atomic E-state index is 0. The molecule has 4 nitrogen and oxygen atoms in total. The molecule has 3 saturated heterocycles. The van der Waals surface area contributed by atoms with E-state index in [9.17, 15) is 4.79 Å². The molecule has 5 heteroatoms. The number of quaternary nitrogens is 1. The van der Waals surface area contributed by atoms with E-state index in [0.29, 0.717) is 11.5 Å². The van der Waals surface area contributed by atoms with Crippen LogP contribution in [0.15, 0.2) is 42.5 Å². The highest BCUT2D eigenvalue weighted by molar-refractivity contribution is 5.98. The summed E-state index contributed by atoms with van der Waals surface area (Å²) in [6.07, 6.45) is 3.25. The number of para-hydroxylation sites is 2. The van der Waals surface area contributed by atoms with E-state index < -0.39 is 0 Å². The van der Waals surface area contributed by atoms with E-state index >= 15 is 0 Å². The first-order chi connectivity index (χ1) is 12.6. The quantitative estimate of drug-likeness (QED) is 0.598. The Bertz CT molecular complexity index is 874. The molecule has 142 valence electrons. The maximum atomic E-state index is 13.1. The van der Waals surface area contributed by atoms with E-state index in [2.05, 4.69) is 24.5 Å². The number of benzene rings is 2. The van der Waals surface area contributed by atoms with Crippen molar-refractivity contribution in [1.29, 1.82) is 0 Å². The second-order valence-electron chi connectivity index (χ2n) is 8.35. The van der Waals surface area contributed by atoms with Crippen LogP contribution < -0.4 is 27.0 Å². The number of amides is 1. The summed E-state index contributed by atoms with van der Waals surface area (Å²) in [6.45, 7) is 3.55. The van der Waals surface area contributed by atoms with Gasteiger partial charge >= 0.3 is 0 Å². The standard InChI is InChI=1S/C22H24N2O2.BrH/c1-24-11-9-15(10-12-24)19(14-24)23-22(25)18-7-4-6-17-13-16-5-2-3-8-20(16)26-21(17)18;/h2-8,15,19H,9-14H2,1H3;1H. The fraction of sp³-hybridized carbons (Fsp3) is 0.409. The first-order valence-electron chi connectivity index (χ1n) is 9.63. The summed E-state index contributed by atoms with van der Waals surface area (Å²) in [5.74, 6) is 2.22. The molecule has 4 aliphatic rings. The van der Waals surface area contributed by atoms with Gasteiger partial charge in [-0.3, -0.25) is 4.79 Å². The molecule has 0 saturated carbocycles. The number of carbonyl (C=O) groups is 1. The molecule has 3 fully saturated rings. The predicted octanol–water partition coefficient (Wildman–Crippen LogP) is 0.356. The maximum Gasteiger partial charge on any atom is 0.255 e. The van der Waals surface area contributed by atoms with Crippen LogP contribution in [0.2, 0.25) is 0 Å². The Morgan fingerprint density at radius 1 is 1.07 bits per heavy atom. The summed E-state index contributed by atoms with van der Waals surface area (Å²) in [7, 11) is 2.32. The van der Waals surface area contributed by atoms with Gasteiger partial charge in [-0.15, -0.1) is 0 Å². The van der Waals surface area contributed by atoms with Crippen molar-refractivity contribution in [3.63, 3.8) is 0 Å². The van der Waals surface area contributed by atoms with Crippen molar-refractivity contribution in [2.24, 2.45) is 5.92 Å². The number of nitrogens with zero attached hydrogens (tertiary/aromatic N) is 1. The van der Waals surface area contributed by atoms with Gasteiger partial charge in [0.2, 0.25) is 0 Å². The number of piperidine rings is 3. The zero-order valence-electron chi connectivity index (χ0n) is 15.6. The Hall–Kier alpha value is -1.85. The van der Waals surface area contributed by atoms with Crippen LogP contribution in [0.25, 0.3) is 0 Å². The third-order valence-electron chi connectivity index (χ3n) is 6.51. The highest BCUT2D eigenvalue weighted by atomic mass is 79.9. The van der Waals surface area contributed by atoms with Crippen LogP contribution in [-0.2, 0) is 6.42 Å². The second-order valence-corrected chi connectivity index (χ2v) is 8.35. The van der Waals surface area contributed by atoms with E-state index in [0.717, 1.165) is 34.5 Å². The smallest absolute Gasteiger partial charge is 0.255 e. The lowest BCUT2D eigenvalue weighted by Gasteiger charge is -2.50. The zero-order chi connectivity index (χ0) is 17.7. The number of nitrogens with one attached hydrogen (secondary N) is 1. The maximum absolute atomic E-state index is 13.1. The molecule has 1 N–H and O–H groups in total. The van der Waals surface area contributed by atoms with Crippen molar-refractivity contribution in [2.45, 2.75) is 25.3 Å². The Kier molecular flexibility index (Phi) is 4.77. The fourth-order valence-electron chi connectivity index (χ4n) is 4.92. The van der Waals surface area contributed by atoms with Crippen LogP contribution in [0.5, 0.6) is 11.5 Å². The number of halogens is 1. The zero-order valence-corrected chi connectivity index (χ0v) is 17.2. The third-order valence-corrected chi connectivity index (χ3v) is 6.51. The highest BCUT2D eigenvalue weighted by Gasteiger charge is 2.44. The molecule has 6 rings (SSSR count). The van der Waals surface area contributed by atoms with E-state index in [-0.39, 0.29) is 28.9 Å². The number of hydrogen-bond donors (Lipinski definition) is 1. The third kappa shape index (κ3) is 3.27. The van der Waals surface area contributed by atoms with Gasteiger partial charge < -0.3 is 31.5 Å². The lowest BCUT2D eigenvalue weighted by Crippen LogP contribution is -3.00. The van der Waals surface area contributed by atoms with E-state index in [1.165, 1.54) is 31.5 Å². The Morgan fingerprint density at radius 2 is 1.81 bits per heavy atom. The van der Waals surface area contributed by atoms with Crippen molar-refractivity contribution >= 4 is 5.91 Å². The molecular formula is C22H25BrN2O2. The fourth-order valence-corrected chi connectivity index (χ4v) is 4.92. The first kappa shape index (κ1) is 18.5. The molecule has 1 unspecified atom stereocenters. The molecular weight excluding hydrogens is 404 g/mol. The van der Waals surface area contributed by atoms with Crippen LogP contribution in [0, 0.1) is 5.92 Å². The van der Waals surface area contributed by atoms with Crippen LogP contribution in [0.4, 0.5) is 0 Å². The highest BCUT2D eigenvalue weighted by Crippen LogP contribution is 2.39. The molecule has 2 aromatic carbocycles. The van der Waals surface area contributed by atoms with Gasteiger partial charge in [-0.1, -0.05) is 30.3 Å².